The van der Waals surface area contributed by atoms with Crippen LogP contribution in [0.5, 0.6) is 5.75 Å². The normalized spacial score (nSPS) is 17.1. The molecule has 0 aliphatic carbocycles. The number of para-hydroxylation sites is 1. The predicted octanol–water partition coefficient (Wildman–Crippen LogP) is 0.715. The molecule has 20 heavy (non-hydrogen) atoms. The third-order valence-electron chi connectivity index (χ3n) is 3.40. The number of aromatic amines is 1. The van der Waals surface area contributed by atoms with Crippen molar-refractivity contribution in [3.63, 3.8) is 0 Å². The molecule has 2 aromatic rings. The van der Waals surface area contributed by atoms with Crippen LogP contribution in [-0.4, -0.2) is 34.5 Å². The number of rotatable bonds is 4. The molecule has 0 bridgehead atoms. The van der Waals surface area contributed by atoms with E-state index < -0.39 is 0 Å². The van der Waals surface area contributed by atoms with Gasteiger partial charge in [0.1, 0.15) is 12.4 Å². The third kappa shape index (κ3) is 2.79. The van der Waals surface area contributed by atoms with E-state index in [4.69, 9.17) is 4.74 Å². The maximum atomic E-state index is 12.1. The summed E-state index contributed by atoms with van der Waals surface area (Å²) >= 11 is 0. The maximum Gasteiger partial charge on any atom is 0.226 e. The van der Waals surface area contributed by atoms with Gasteiger partial charge in [-0.05, 0) is 18.1 Å². The first kappa shape index (κ1) is 12.7. The smallest absolute Gasteiger partial charge is 0.226 e. The Bertz CT molecular complexity index is 583. The summed E-state index contributed by atoms with van der Waals surface area (Å²) < 4.78 is 5.62. The van der Waals surface area contributed by atoms with Crippen molar-refractivity contribution >= 4 is 5.91 Å². The molecule has 0 radical (unpaired) electrons. The molecule has 0 saturated heterocycles. The van der Waals surface area contributed by atoms with Crippen molar-refractivity contribution in [1.29, 1.82) is 0 Å². The van der Waals surface area contributed by atoms with Gasteiger partial charge in [-0.15, -0.1) is 0 Å². The minimum atomic E-state index is -0.123. The summed E-state index contributed by atoms with van der Waals surface area (Å²) in [5, 5.41) is 13.1. The lowest BCUT2D eigenvalue weighted by atomic mass is 9.96. The van der Waals surface area contributed by atoms with Crippen LogP contribution in [0.15, 0.2) is 30.5 Å². The first-order valence-electron chi connectivity index (χ1n) is 6.66. The average Bonchev–Trinajstić information content (AvgIpc) is 3.00. The van der Waals surface area contributed by atoms with Crippen molar-refractivity contribution in [2.75, 3.05) is 13.2 Å². The topological polar surface area (TPSA) is 79.9 Å². The molecule has 1 aromatic heterocycles. The zero-order chi connectivity index (χ0) is 13.8. The van der Waals surface area contributed by atoms with Crippen LogP contribution < -0.4 is 10.1 Å². The second-order valence-corrected chi connectivity index (χ2v) is 4.82. The highest BCUT2D eigenvalue weighted by Crippen LogP contribution is 2.26. The second-order valence-electron chi connectivity index (χ2n) is 4.82. The fourth-order valence-corrected chi connectivity index (χ4v) is 2.30. The van der Waals surface area contributed by atoms with Gasteiger partial charge in [0.25, 0.3) is 0 Å². The molecule has 2 N–H and O–H groups in total. The number of H-pyrrole nitrogens is 1. The van der Waals surface area contributed by atoms with Crippen molar-refractivity contribution in [2.24, 2.45) is 5.92 Å². The van der Waals surface area contributed by atoms with E-state index in [1.165, 1.54) is 0 Å². The first-order valence-corrected chi connectivity index (χ1v) is 6.66. The number of ether oxygens (including phenoxy) is 1. The van der Waals surface area contributed by atoms with E-state index in [2.05, 4.69) is 20.7 Å². The van der Waals surface area contributed by atoms with E-state index in [9.17, 15) is 4.79 Å². The van der Waals surface area contributed by atoms with E-state index >= 15 is 0 Å². The molecule has 3 rings (SSSR count). The zero-order valence-electron chi connectivity index (χ0n) is 11.0. The fraction of sp³-hybridized carbons (Fsp3) is 0.357. The lowest BCUT2D eigenvalue weighted by Crippen LogP contribution is -2.38. The molecule has 1 amide bonds. The Kier molecular flexibility index (Phi) is 3.62. The van der Waals surface area contributed by atoms with Crippen LogP contribution in [0, 0.1) is 5.92 Å². The molecule has 104 valence electrons. The van der Waals surface area contributed by atoms with Gasteiger partial charge in [0, 0.05) is 13.0 Å². The van der Waals surface area contributed by atoms with Crippen molar-refractivity contribution in [2.45, 2.75) is 12.8 Å². The molecule has 0 unspecified atom stereocenters. The number of carbonyl (C=O) groups excluding carboxylic acids is 1. The molecule has 1 aromatic carbocycles. The molecule has 0 spiro atoms. The summed E-state index contributed by atoms with van der Waals surface area (Å²) in [6.45, 7) is 0.996. The van der Waals surface area contributed by atoms with E-state index in [-0.39, 0.29) is 11.8 Å². The molecule has 1 aliphatic heterocycles. The quantitative estimate of drug-likeness (QED) is 0.859. The SMILES string of the molecule is O=C(NCCc1cn[nH]n1)[C@H]1COc2ccccc2C1. The Morgan fingerprint density at radius 1 is 1.45 bits per heavy atom. The number of amides is 1. The Labute approximate surface area is 116 Å². The molecule has 1 atom stereocenters. The minimum absolute atomic E-state index is 0.0306. The van der Waals surface area contributed by atoms with E-state index in [1.54, 1.807) is 6.20 Å². The van der Waals surface area contributed by atoms with Gasteiger partial charge < -0.3 is 10.1 Å². The summed E-state index contributed by atoms with van der Waals surface area (Å²) in [6, 6.07) is 7.85. The number of hydrogen-bond donors (Lipinski definition) is 2. The first-order chi connectivity index (χ1) is 9.83. The number of nitrogens with zero attached hydrogens (tertiary/aromatic N) is 2. The Balaban J connectivity index is 1.51. The second kappa shape index (κ2) is 5.73. The van der Waals surface area contributed by atoms with Crippen molar-refractivity contribution < 1.29 is 9.53 Å². The monoisotopic (exact) mass is 272 g/mol. The van der Waals surface area contributed by atoms with Crippen LogP contribution in [0.4, 0.5) is 0 Å². The predicted molar refractivity (Wildman–Crippen MR) is 72.2 cm³/mol. The van der Waals surface area contributed by atoms with Gasteiger partial charge in [0.05, 0.1) is 17.8 Å². The summed E-state index contributed by atoms with van der Waals surface area (Å²) in [7, 11) is 0. The van der Waals surface area contributed by atoms with Crippen LogP contribution >= 0.6 is 0 Å². The molecule has 2 heterocycles. The minimum Gasteiger partial charge on any atom is -0.492 e. The molecular formula is C14H16N4O2. The molecular weight excluding hydrogens is 256 g/mol. The molecule has 0 fully saturated rings. The van der Waals surface area contributed by atoms with Gasteiger partial charge in [-0.1, -0.05) is 18.2 Å². The van der Waals surface area contributed by atoms with E-state index in [1.807, 2.05) is 24.3 Å². The lowest BCUT2D eigenvalue weighted by Gasteiger charge is -2.24. The number of aromatic nitrogens is 3. The van der Waals surface area contributed by atoms with E-state index in [0.29, 0.717) is 19.6 Å². The van der Waals surface area contributed by atoms with Crippen LogP contribution in [0.1, 0.15) is 11.3 Å². The Morgan fingerprint density at radius 3 is 3.20 bits per heavy atom. The van der Waals surface area contributed by atoms with Gasteiger partial charge >= 0.3 is 0 Å². The highest BCUT2D eigenvalue weighted by Gasteiger charge is 2.25. The highest BCUT2D eigenvalue weighted by molar-refractivity contribution is 5.79. The van der Waals surface area contributed by atoms with Crippen molar-refractivity contribution in [3.05, 3.63) is 41.7 Å². The maximum absolute atomic E-state index is 12.1. The molecule has 0 saturated carbocycles. The van der Waals surface area contributed by atoms with Crippen LogP contribution in [0.3, 0.4) is 0 Å². The van der Waals surface area contributed by atoms with Gasteiger partial charge in [0.15, 0.2) is 0 Å². The Hall–Kier alpha value is -2.37. The summed E-state index contributed by atoms with van der Waals surface area (Å²) in [4.78, 5) is 12.1. The standard InChI is InChI=1S/C14H16N4O2/c19-14(15-6-5-12-8-16-18-17-12)11-7-10-3-1-2-4-13(10)20-9-11/h1-4,8,11H,5-7,9H2,(H,15,19)(H,16,17,18)/t11-/m1/s1. The van der Waals surface area contributed by atoms with Gasteiger partial charge in [0.2, 0.25) is 5.91 Å². The summed E-state index contributed by atoms with van der Waals surface area (Å²) in [5.74, 6) is 0.796. The number of fused-ring (bicyclic) bond motifs is 1. The summed E-state index contributed by atoms with van der Waals surface area (Å²) in [6.07, 6.45) is 3.06. The van der Waals surface area contributed by atoms with Gasteiger partial charge in [-0.2, -0.15) is 15.4 Å². The molecule has 1 aliphatic rings. The highest BCUT2D eigenvalue weighted by atomic mass is 16.5. The van der Waals surface area contributed by atoms with Crippen LogP contribution in [-0.2, 0) is 17.6 Å². The number of carbonyl (C=O) groups is 1. The Morgan fingerprint density at radius 2 is 2.35 bits per heavy atom. The molecule has 6 heteroatoms. The van der Waals surface area contributed by atoms with Gasteiger partial charge in [-0.3, -0.25) is 4.79 Å². The average molecular weight is 272 g/mol. The number of hydrogen-bond acceptors (Lipinski definition) is 4. The van der Waals surface area contributed by atoms with Crippen molar-refractivity contribution in [3.8, 4) is 5.75 Å². The van der Waals surface area contributed by atoms with Crippen LogP contribution in [0.25, 0.3) is 0 Å². The third-order valence-corrected chi connectivity index (χ3v) is 3.40. The molecule has 6 nitrogen and oxygen atoms in total. The summed E-state index contributed by atoms with van der Waals surface area (Å²) in [5.41, 5.74) is 1.94. The van der Waals surface area contributed by atoms with Crippen molar-refractivity contribution in [1.82, 2.24) is 20.7 Å². The number of nitrogens with one attached hydrogen (secondary N) is 2. The number of benzene rings is 1. The van der Waals surface area contributed by atoms with E-state index in [0.717, 1.165) is 23.4 Å². The lowest BCUT2D eigenvalue weighted by molar-refractivity contribution is -0.126. The largest absolute Gasteiger partial charge is 0.492 e. The zero-order valence-corrected chi connectivity index (χ0v) is 11.0. The fourth-order valence-electron chi connectivity index (χ4n) is 2.30. The van der Waals surface area contributed by atoms with Crippen LogP contribution in [0.2, 0.25) is 0 Å². The van der Waals surface area contributed by atoms with Gasteiger partial charge in [-0.25, -0.2) is 0 Å².